The van der Waals surface area contributed by atoms with Gasteiger partial charge in [-0.3, -0.25) is 14.4 Å². The highest BCUT2D eigenvalue weighted by atomic mass is 32.2. The molecule has 0 aliphatic heterocycles. The zero-order valence-electron chi connectivity index (χ0n) is 14.1. The number of hydrogen-bond donors (Lipinski definition) is 2. The summed E-state index contributed by atoms with van der Waals surface area (Å²) in [6.45, 7) is 1.54. The highest BCUT2D eigenvalue weighted by Crippen LogP contribution is 2.17. The third kappa shape index (κ3) is 4.68. The van der Waals surface area contributed by atoms with Crippen LogP contribution in [0, 0.1) is 12.7 Å². The zero-order valence-corrected chi connectivity index (χ0v) is 15.7. The van der Waals surface area contributed by atoms with Gasteiger partial charge in [-0.15, -0.1) is 23.1 Å². The monoisotopic (exact) mass is 407 g/mol. The molecule has 2 heterocycles. The Hall–Kier alpha value is -2.79. The first-order valence-corrected chi connectivity index (χ1v) is 9.74. The summed E-state index contributed by atoms with van der Waals surface area (Å²) in [6.07, 6.45) is 0. The number of nitrogens with zero attached hydrogens (tertiary/aromatic N) is 3. The molecule has 1 aromatic carbocycles. The number of aryl methyl sites for hydroxylation is 1. The molecule has 0 unspecified atom stereocenters. The number of amides is 2. The fraction of sp³-hybridized carbons (Fsp3) is 0.188. The summed E-state index contributed by atoms with van der Waals surface area (Å²) in [5.74, 6) is -0.847. The lowest BCUT2D eigenvalue weighted by Crippen LogP contribution is -2.20. The van der Waals surface area contributed by atoms with E-state index in [1.807, 2.05) is 0 Å². The van der Waals surface area contributed by atoms with Crippen LogP contribution in [0.25, 0.3) is 4.96 Å². The van der Waals surface area contributed by atoms with Crippen LogP contribution in [0.5, 0.6) is 0 Å². The van der Waals surface area contributed by atoms with E-state index in [1.165, 1.54) is 41.0 Å². The number of carbonyl (C=O) groups is 2. The van der Waals surface area contributed by atoms with Crippen molar-refractivity contribution in [3.63, 3.8) is 0 Å². The molecule has 27 heavy (non-hydrogen) atoms. The van der Waals surface area contributed by atoms with Gasteiger partial charge in [0, 0.05) is 5.38 Å². The second kappa shape index (κ2) is 8.27. The van der Waals surface area contributed by atoms with Crippen LogP contribution in [0.4, 0.5) is 15.9 Å². The molecule has 0 saturated carbocycles. The van der Waals surface area contributed by atoms with Gasteiger partial charge in [0.1, 0.15) is 17.3 Å². The maximum absolute atomic E-state index is 13.5. The lowest BCUT2D eigenvalue weighted by Gasteiger charge is -2.06. The number of aromatic nitrogens is 3. The van der Waals surface area contributed by atoms with Gasteiger partial charge in [-0.2, -0.15) is 14.6 Å². The number of hydrogen-bond acceptors (Lipinski definition) is 7. The molecule has 11 heteroatoms. The molecule has 0 aliphatic carbocycles. The molecule has 2 amide bonds. The fourth-order valence-corrected chi connectivity index (χ4v) is 3.46. The summed E-state index contributed by atoms with van der Waals surface area (Å²) in [5.41, 5.74) is -0.0906. The molecule has 2 aromatic heterocycles. The van der Waals surface area contributed by atoms with Gasteiger partial charge in [0.25, 0.3) is 5.56 Å². The Kier molecular flexibility index (Phi) is 5.81. The van der Waals surface area contributed by atoms with Crippen LogP contribution in [0.3, 0.4) is 0 Å². The molecule has 140 valence electrons. The number of halogens is 1. The molecule has 0 aliphatic rings. The minimum Gasteiger partial charge on any atom is -0.323 e. The SMILES string of the molecule is Cc1nn2c(NC(=O)CSCC(=O)Nc3ccccc3F)csc2nc1=O. The molecule has 0 spiro atoms. The van der Waals surface area contributed by atoms with E-state index in [1.54, 1.807) is 11.4 Å². The minimum atomic E-state index is -0.521. The number of nitrogens with one attached hydrogen (secondary N) is 2. The van der Waals surface area contributed by atoms with Crippen LogP contribution in [0.2, 0.25) is 0 Å². The molecule has 0 atom stereocenters. The molecule has 3 rings (SSSR count). The van der Waals surface area contributed by atoms with Crippen molar-refractivity contribution >= 4 is 51.4 Å². The van der Waals surface area contributed by atoms with E-state index in [-0.39, 0.29) is 28.8 Å². The normalized spacial score (nSPS) is 10.7. The predicted molar refractivity (Wildman–Crippen MR) is 103 cm³/mol. The molecule has 8 nitrogen and oxygen atoms in total. The molecule has 0 bridgehead atoms. The van der Waals surface area contributed by atoms with E-state index in [9.17, 15) is 18.8 Å². The lowest BCUT2D eigenvalue weighted by molar-refractivity contribution is -0.114. The molecule has 2 N–H and O–H groups in total. The maximum Gasteiger partial charge on any atom is 0.295 e. The van der Waals surface area contributed by atoms with Crippen LogP contribution < -0.4 is 16.2 Å². The smallest absolute Gasteiger partial charge is 0.295 e. The molecule has 0 fully saturated rings. The Bertz CT molecular complexity index is 1070. The average molecular weight is 407 g/mol. The minimum absolute atomic E-state index is 0.00224. The number of thioether (sulfide) groups is 1. The van der Waals surface area contributed by atoms with Crippen LogP contribution >= 0.6 is 23.1 Å². The molecule has 0 saturated heterocycles. The number of thiazole rings is 1. The quantitative estimate of drug-likeness (QED) is 0.647. The molecular formula is C16H14FN5O3S2. The van der Waals surface area contributed by atoms with Gasteiger partial charge in [-0.05, 0) is 19.1 Å². The van der Waals surface area contributed by atoms with E-state index in [4.69, 9.17) is 0 Å². The number of anilines is 2. The Labute approximate surface area is 160 Å². The van der Waals surface area contributed by atoms with E-state index < -0.39 is 17.3 Å². The van der Waals surface area contributed by atoms with E-state index in [0.29, 0.717) is 10.8 Å². The van der Waals surface area contributed by atoms with Crippen LogP contribution in [0.15, 0.2) is 34.4 Å². The van der Waals surface area contributed by atoms with Crippen molar-refractivity contribution in [3.8, 4) is 0 Å². The van der Waals surface area contributed by atoms with Crippen molar-refractivity contribution < 1.29 is 14.0 Å². The number of para-hydroxylation sites is 1. The van der Waals surface area contributed by atoms with Gasteiger partial charge in [0.05, 0.1) is 17.2 Å². The summed E-state index contributed by atoms with van der Waals surface area (Å²) in [6, 6.07) is 5.85. The van der Waals surface area contributed by atoms with Crippen LogP contribution in [0.1, 0.15) is 5.69 Å². The van der Waals surface area contributed by atoms with Gasteiger partial charge in [-0.1, -0.05) is 12.1 Å². The van der Waals surface area contributed by atoms with Gasteiger partial charge >= 0.3 is 0 Å². The van der Waals surface area contributed by atoms with Gasteiger partial charge < -0.3 is 10.6 Å². The van der Waals surface area contributed by atoms with Crippen molar-refractivity contribution in [2.45, 2.75) is 6.92 Å². The summed E-state index contributed by atoms with van der Waals surface area (Å²) in [4.78, 5) is 39.6. The van der Waals surface area contributed by atoms with Crippen molar-refractivity contribution in [2.24, 2.45) is 0 Å². The molecular weight excluding hydrogens is 393 g/mol. The number of fused-ring (bicyclic) bond motifs is 1. The Morgan fingerprint density at radius 1 is 1.22 bits per heavy atom. The number of carbonyl (C=O) groups excluding carboxylic acids is 2. The van der Waals surface area contributed by atoms with Crippen molar-refractivity contribution in [1.29, 1.82) is 0 Å². The average Bonchev–Trinajstić information content (AvgIpc) is 2.99. The fourth-order valence-electron chi connectivity index (χ4n) is 2.09. The topological polar surface area (TPSA) is 105 Å². The summed E-state index contributed by atoms with van der Waals surface area (Å²) >= 11 is 2.27. The first kappa shape index (κ1) is 19.0. The zero-order chi connectivity index (χ0) is 19.4. The standard InChI is InChI=1S/C16H14FN5O3S2/c1-9-15(25)20-16-22(21-9)12(6-27-16)19-14(24)8-26-7-13(23)18-11-5-3-2-4-10(11)17/h2-6H,7-8H2,1H3,(H,18,23)(H,19,24). The van der Waals surface area contributed by atoms with E-state index >= 15 is 0 Å². The second-order valence-electron chi connectivity index (χ2n) is 5.39. The van der Waals surface area contributed by atoms with Crippen LogP contribution in [-0.2, 0) is 9.59 Å². The predicted octanol–water partition coefficient (Wildman–Crippen LogP) is 1.91. The third-order valence-electron chi connectivity index (χ3n) is 3.32. The van der Waals surface area contributed by atoms with Crippen molar-refractivity contribution in [1.82, 2.24) is 14.6 Å². The molecule has 0 radical (unpaired) electrons. The number of rotatable bonds is 6. The third-order valence-corrected chi connectivity index (χ3v) is 5.07. The van der Waals surface area contributed by atoms with Crippen molar-refractivity contribution in [3.05, 3.63) is 51.5 Å². The molecule has 3 aromatic rings. The maximum atomic E-state index is 13.5. The van der Waals surface area contributed by atoms with Crippen LogP contribution in [-0.4, -0.2) is 37.9 Å². The summed E-state index contributed by atoms with van der Waals surface area (Å²) in [7, 11) is 0. The Morgan fingerprint density at radius 2 is 1.93 bits per heavy atom. The summed E-state index contributed by atoms with van der Waals surface area (Å²) in [5, 5.41) is 10.8. The highest BCUT2D eigenvalue weighted by molar-refractivity contribution is 8.00. The first-order chi connectivity index (χ1) is 12.9. The van der Waals surface area contributed by atoms with Crippen molar-refractivity contribution in [2.75, 3.05) is 22.1 Å². The van der Waals surface area contributed by atoms with Gasteiger partial charge in [0.15, 0.2) is 0 Å². The first-order valence-electron chi connectivity index (χ1n) is 7.71. The van der Waals surface area contributed by atoms with E-state index in [2.05, 4.69) is 20.7 Å². The van der Waals surface area contributed by atoms with E-state index in [0.717, 1.165) is 11.8 Å². The Balaban J connectivity index is 1.51. The Morgan fingerprint density at radius 3 is 2.67 bits per heavy atom. The second-order valence-corrected chi connectivity index (χ2v) is 7.21. The summed E-state index contributed by atoms with van der Waals surface area (Å²) < 4.78 is 14.9. The van der Waals surface area contributed by atoms with Gasteiger partial charge in [-0.25, -0.2) is 4.39 Å². The van der Waals surface area contributed by atoms with Gasteiger partial charge in [0.2, 0.25) is 16.8 Å². The lowest BCUT2D eigenvalue weighted by atomic mass is 10.3. The highest BCUT2D eigenvalue weighted by Gasteiger charge is 2.12. The number of benzene rings is 1. The largest absolute Gasteiger partial charge is 0.323 e.